The molecular formula is C16H14ClNO3. The number of nitrogens with zero attached hydrogens (tertiary/aromatic N) is 1. The normalized spacial score (nSPS) is 10.7. The highest BCUT2D eigenvalue weighted by Gasteiger charge is 2.17. The molecule has 0 aliphatic rings. The number of carbonyl (C=O) groups is 1. The van der Waals surface area contributed by atoms with Crippen molar-refractivity contribution in [2.75, 3.05) is 0 Å². The fraction of sp³-hybridized carbons (Fsp3) is 0.188. The van der Waals surface area contributed by atoms with Crippen molar-refractivity contribution in [3.05, 3.63) is 74.3 Å². The van der Waals surface area contributed by atoms with Gasteiger partial charge in [-0.15, -0.1) is 0 Å². The quantitative estimate of drug-likeness (QED) is 0.471. The summed E-state index contributed by atoms with van der Waals surface area (Å²) in [7, 11) is 0. The van der Waals surface area contributed by atoms with Gasteiger partial charge in [-0.2, -0.15) is 0 Å². The van der Waals surface area contributed by atoms with Crippen LogP contribution in [0, 0.1) is 10.1 Å². The lowest BCUT2D eigenvalue weighted by molar-refractivity contribution is -0.384. The zero-order valence-electron chi connectivity index (χ0n) is 11.7. The number of hydrogen-bond donors (Lipinski definition) is 0. The summed E-state index contributed by atoms with van der Waals surface area (Å²) in [6.45, 7) is 4.13. The van der Waals surface area contributed by atoms with Crippen molar-refractivity contribution in [2.24, 2.45) is 0 Å². The van der Waals surface area contributed by atoms with Crippen molar-refractivity contribution >= 4 is 23.1 Å². The van der Waals surface area contributed by atoms with Gasteiger partial charge in [-0.3, -0.25) is 14.9 Å². The number of rotatable bonds is 4. The first-order valence-electron chi connectivity index (χ1n) is 6.48. The van der Waals surface area contributed by atoms with Gasteiger partial charge in [-0.1, -0.05) is 49.7 Å². The van der Waals surface area contributed by atoms with Crippen LogP contribution in [0.4, 0.5) is 5.69 Å². The molecule has 0 aliphatic carbocycles. The number of hydrogen-bond acceptors (Lipinski definition) is 3. The number of nitro benzene ring substituents is 1. The second-order valence-corrected chi connectivity index (χ2v) is 5.43. The Morgan fingerprint density at radius 2 is 1.76 bits per heavy atom. The van der Waals surface area contributed by atoms with Crippen LogP contribution in [0.1, 0.15) is 41.3 Å². The highest BCUT2D eigenvalue weighted by molar-refractivity contribution is 6.35. The lowest BCUT2D eigenvalue weighted by Gasteiger charge is -2.07. The largest absolute Gasteiger partial charge is 0.289 e. The van der Waals surface area contributed by atoms with Gasteiger partial charge in [0.2, 0.25) is 0 Å². The predicted octanol–water partition coefficient (Wildman–Crippen LogP) is 4.60. The van der Waals surface area contributed by atoms with Crippen LogP contribution in [0.2, 0.25) is 5.02 Å². The molecule has 21 heavy (non-hydrogen) atoms. The number of nitro groups is 1. The van der Waals surface area contributed by atoms with E-state index in [1.165, 1.54) is 18.2 Å². The van der Waals surface area contributed by atoms with Crippen molar-refractivity contribution in [3.63, 3.8) is 0 Å². The summed E-state index contributed by atoms with van der Waals surface area (Å²) in [6, 6.07) is 11.0. The molecule has 0 aromatic heterocycles. The van der Waals surface area contributed by atoms with Crippen LogP contribution in [0.15, 0.2) is 42.5 Å². The van der Waals surface area contributed by atoms with Crippen LogP contribution >= 0.6 is 11.6 Å². The van der Waals surface area contributed by atoms with Gasteiger partial charge in [0.15, 0.2) is 5.78 Å². The van der Waals surface area contributed by atoms with E-state index in [0.29, 0.717) is 11.5 Å². The maximum Gasteiger partial charge on any atom is 0.270 e. The number of carbonyl (C=O) groups excluding carboxylic acids is 1. The Balaban J connectivity index is 2.39. The zero-order valence-corrected chi connectivity index (χ0v) is 12.4. The Morgan fingerprint density at radius 3 is 2.29 bits per heavy atom. The first kappa shape index (κ1) is 15.2. The van der Waals surface area contributed by atoms with E-state index in [-0.39, 0.29) is 22.1 Å². The smallest absolute Gasteiger partial charge is 0.270 e. The molecule has 0 radical (unpaired) electrons. The van der Waals surface area contributed by atoms with Crippen LogP contribution in [0.25, 0.3) is 0 Å². The van der Waals surface area contributed by atoms with E-state index in [9.17, 15) is 14.9 Å². The van der Waals surface area contributed by atoms with Crippen LogP contribution < -0.4 is 0 Å². The average molecular weight is 304 g/mol. The summed E-state index contributed by atoms with van der Waals surface area (Å²) in [4.78, 5) is 22.7. The molecule has 2 aromatic carbocycles. The Kier molecular flexibility index (Phi) is 4.38. The van der Waals surface area contributed by atoms with E-state index in [0.717, 1.165) is 5.56 Å². The highest BCUT2D eigenvalue weighted by atomic mass is 35.5. The molecule has 0 saturated heterocycles. The van der Waals surface area contributed by atoms with E-state index >= 15 is 0 Å². The van der Waals surface area contributed by atoms with Crippen LogP contribution in [-0.4, -0.2) is 10.7 Å². The Hall–Kier alpha value is -2.20. The van der Waals surface area contributed by atoms with E-state index in [1.807, 2.05) is 12.1 Å². The summed E-state index contributed by atoms with van der Waals surface area (Å²) in [5.41, 5.74) is 1.57. The fourth-order valence-electron chi connectivity index (χ4n) is 1.98. The molecule has 5 heteroatoms. The molecular weight excluding hydrogens is 290 g/mol. The topological polar surface area (TPSA) is 60.2 Å². The molecule has 0 fully saturated rings. The van der Waals surface area contributed by atoms with Crippen molar-refractivity contribution in [1.29, 1.82) is 0 Å². The van der Waals surface area contributed by atoms with Crippen LogP contribution in [0.3, 0.4) is 0 Å². The minimum atomic E-state index is -0.547. The van der Waals surface area contributed by atoms with Crippen molar-refractivity contribution < 1.29 is 9.72 Å². The number of non-ortho nitro benzene ring substituents is 1. The molecule has 0 spiro atoms. The van der Waals surface area contributed by atoms with E-state index in [1.54, 1.807) is 12.1 Å². The maximum absolute atomic E-state index is 12.4. The molecule has 0 heterocycles. The monoisotopic (exact) mass is 303 g/mol. The first-order chi connectivity index (χ1) is 9.90. The van der Waals surface area contributed by atoms with E-state index in [2.05, 4.69) is 13.8 Å². The molecule has 0 bridgehead atoms. The summed E-state index contributed by atoms with van der Waals surface area (Å²) < 4.78 is 0. The third kappa shape index (κ3) is 3.28. The molecule has 0 amide bonds. The Bertz CT molecular complexity index is 693. The number of ketones is 1. The molecule has 0 atom stereocenters. The van der Waals surface area contributed by atoms with Gasteiger partial charge in [0, 0.05) is 23.3 Å². The van der Waals surface area contributed by atoms with Crippen molar-refractivity contribution in [1.82, 2.24) is 0 Å². The van der Waals surface area contributed by atoms with Gasteiger partial charge < -0.3 is 0 Å². The maximum atomic E-state index is 12.4. The molecule has 0 aliphatic heterocycles. The Labute approximate surface area is 127 Å². The van der Waals surface area contributed by atoms with Gasteiger partial charge >= 0.3 is 0 Å². The molecule has 0 saturated carbocycles. The number of halogens is 1. The van der Waals surface area contributed by atoms with E-state index in [4.69, 9.17) is 11.6 Å². The van der Waals surface area contributed by atoms with Gasteiger partial charge in [0.05, 0.1) is 9.95 Å². The molecule has 0 unspecified atom stereocenters. The van der Waals surface area contributed by atoms with Gasteiger partial charge in [0.25, 0.3) is 5.69 Å². The first-order valence-corrected chi connectivity index (χ1v) is 6.86. The molecule has 108 valence electrons. The molecule has 2 rings (SSSR count). The van der Waals surface area contributed by atoms with Crippen LogP contribution in [-0.2, 0) is 0 Å². The predicted molar refractivity (Wildman–Crippen MR) is 82.1 cm³/mol. The summed E-state index contributed by atoms with van der Waals surface area (Å²) in [5.74, 6) is 0.0505. The third-order valence-corrected chi connectivity index (χ3v) is 3.57. The van der Waals surface area contributed by atoms with Crippen molar-refractivity contribution in [3.8, 4) is 0 Å². The SMILES string of the molecule is CC(C)c1ccc(C(=O)c2cc([N+](=O)[O-])ccc2Cl)cc1. The van der Waals surface area contributed by atoms with Crippen LogP contribution in [0.5, 0.6) is 0 Å². The van der Waals surface area contributed by atoms with Gasteiger partial charge in [-0.05, 0) is 17.5 Å². The minimum Gasteiger partial charge on any atom is -0.289 e. The summed E-state index contributed by atoms with van der Waals surface area (Å²) in [5, 5.41) is 11.0. The fourth-order valence-corrected chi connectivity index (χ4v) is 2.18. The summed E-state index contributed by atoms with van der Waals surface area (Å²) >= 11 is 5.98. The second-order valence-electron chi connectivity index (χ2n) is 5.03. The highest BCUT2D eigenvalue weighted by Crippen LogP contribution is 2.25. The third-order valence-electron chi connectivity index (χ3n) is 3.24. The standard InChI is InChI=1S/C16H14ClNO3/c1-10(2)11-3-5-12(6-4-11)16(19)14-9-13(18(20)21)7-8-15(14)17/h3-10H,1-2H3. The lowest BCUT2D eigenvalue weighted by Crippen LogP contribution is -2.03. The molecule has 4 nitrogen and oxygen atoms in total. The lowest BCUT2D eigenvalue weighted by atomic mass is 9.98. The molecule has 0 N–H and O–H groups in total. The van der Waals surface area contributed by atoms with Crippen molar-refractivity contribution in [2.45, 2.75) is 19.8 Å². The second kappa shape index (κ2) is 6.06. The number of benzene rings is 2. The van der Waals surface area contributed by atoms with Gasteiger partial charge in [0.1, 0.15) is 0 Å². The Morgan fingerprint density at radius 1 is 1.14 bits per heavy atom. The minimum absolute atomic E-state index is 0.142. The van der Waals surface area contributed by atoms with Gasteiger partial charge in [-0.25, -0.2) is 0 Å². The summed E-state index contributed by atoms with van der Waals surface area (Å²) in [6.07, 6.45) is 0. The van der Waals surface area contributed by atoms with E-state index < -0.39 is 4.92 Å². The molecule has 2 aromatic rings. The zero-order chi connectivity index (χ0) is 15.6. The average Bonchev–Trinajstić information content (AvgIpc) is 2.47.